The topological polar surface area (TPSA) is 47.6 Å². The lowest BCUT2D eigenvalue weighted by molar-refractivity contribution is 0.606. The van der Waals surface area contributed by atoms with Gasteiger partial charge in [0.2, 0.25) is 0 Å². The second kappa shape index (κ2) is 10.6. The Morgan fingerprint density at radius 3 is 1.05 bits per heavy atom. The first-order valence-electron chi connectivity index (χ1n) is 14.3. The van der Waals surface area contributed by atoms with Crippen LogP contribution in [0.3, 0.4) is 0 Å². The molecular formula is C36H36N2Si2. The Kier molecular flexibility index (Phi) is 7.38. The molecule has 3 aliphatic rings. The van der Waals surface area contributed by atoms with Crippen LogP contribution in [0, 0.1) is 45.6 Å². The van der Waals surface area contributed by atoms with Crippen molar-refractivity contribution in [2.24, 2.45) is 0 Å². The van der Waals surface area contributed by atoms with E-state index in [-0.39, 0.29) is 0 Å². The second-order valence-corrected chi connectivity index (χ2v) is 21.5. The number of hydrogen-bond donors (Lipinski definition) is 0. The largest absolute Gasteiger partial charge is 0.198 e. The van der Waals surface area contributed by atoms with Crippen LogP contribution in [-0.2, 0) is 10.8 Å². The van der Waals surface area contributed by atoms with Crippen molar-refractivity contribution in [2.45, 2.75) is 74.8 Å². The summed E-state index contributed by atoms with van der Waals surface area (Å²) in [5.74, 6) is 7.88. The molecule has 0 unspecified atom stereocenters. The van der Waals surface area contributed by atoms with Gasteiger partial charge in [-0.2, -0.15) is 10.5 Å². The van der Waals surface area contributed by atoms with E-state index in [0.717, 1.165) is 24.9 Å². The van der Waals surface area contributed by atoms with E-state index in [0.29, 0.717) is 12.8 Å². The fraction of sp³-hybridized carbons (Fsp3) is 0.333. The minimum absolute atomic E-state index is 0.549. The van der Waals surface area contributed by atoms with Gasteiger partial charge in [0.05, 0.1) is 12.1 Å². The van der Waals surface area contributed by atoms with Gasteiger partial charge in [-0.05, 0) is 58.3 Å². The molecule has 0 saturated heterocycles. The van der Waals surface area contributed by atoms with Crippen LogP contribution >= 0.6 is 0 Å². The fourth-order valence-electron chi connectivity index (χ4n) is 6.56. The number of benzene rings is 3. The van der Waals surface area contributed by atoms with Crippen LogP contribution in [-0.4, -0.2) is 16.1 Å². The molecule has 4 heteroatoms. The van der Waals surface area contributed by atoms with E-state index >= 15 is 0 Å². The highest BCUT2D eigenvalue weighted by atomic mass is 28.3. The molecule has 2 nitrogen and oxygen atoms in total. The van der Waals surface area contributed by atoms with Gasteiger partial charge in [0.15, 0.2) is 0 Å². The van der Waals surface area contributed by atoms with Gasteiger partial charge in [-0.3, -0.25) is 0 Å². The molecule has 0 atom stereocenters. The Morgan fingerprint density at radius 1 is 0.525 bits per heavy atom. The average molecular weight is 553 g/mol. The summed E-state index contributed by atoms with van der Waals surface area (Å²) in [6.45, 7) is 9.33. The van der Waals surface area contributed by atoms with Crippen molar-refractivity contribution in [3.05, 3.63) is 106 Å². The summed E-state index contributed by atoms with van der Waals surface area (Å²) in [6, 6.07) is 33.1. The Bertz CT molecular complexity index is 1420. The van der Waals surface area contributed by atoms with Gasteiger partial charge in [-0.25, -0.2) is 0 Å². The minimum Gasteiger partial charge on any atom is -0.198 e. The molecule has 6 rings (SSSR count). The lowest BCUT2D eigenvalue weighted by Gasteiger charge is -2.53. The normalized spacial score (nSPS) is 19.9. The van der Waals surface area contributed by atoms with Crippen molar-refractivity contribution in [3.8, 4) is 35.1 Å². The van der Waals surface area contributed by atoms with E-state index in [1.165, 1.54) is 33.4 Å². The maximum atomic E-state index is 9.09. The van der Waals surface area contributed by atoms with Gasteiger partial charge in [0, 0.05) is 12.8 Å². The van der Waals surface area contributed by atoms with Gasteiger partial charge in [-0.1, -0.05) is 111 Å². The van der Waals surface area contributed by atoms with E-state index in [4.69, 9.17) is 10.5 Å². The molecule has 0 aliphatic heterocycles. The third-order valence-corrected chi connectivity index (χ3v) is 13.4. The third-order valence-electron chi connectivity index (χ3n) is 8.56. The molecule has 3 aromatic carbocycles. The molecule has 0 aromatic heterocycles. The molecule has 0 heterocycles. The zero-order chi connectivity index (χ0) is 28.4. The molecule has 40 heavy (non-hydrogen) atoms. The third kappa shape index (κ3) is 4.53. The molecule has 2 bridgehead atoms. The molecule has 0 radical (unpaired) electrons. The average Bonchev–Trinajstić information content (AvgIpc) is 2.96. The lowest BCUT2D eigenvalue weighted by Crippen LogP contribution is -2.50. The van der Waals surface area contributed by atoms with Crippen LogP contribution in [0.25, 0.3) is 0 Å². The van der Waals surface area contributed by atoms with Crippen molar-refractivity contribution >= 4 is 16.1 Å². The number of rotatable bonds is 6. The molecular weight excluding hydrogens is 517 g/mol. The molecule has 0 spiro atoms. The summed E-state index contributed by atoms with van der Waals surface area (Å²) in [7, 11) is -3.73. The lowest BCUT2D eigenvalue weighted by atomic mass is 9.47. The van der Waals surface area contributed by atoms with Crippen molar-refractivity contribution < 1.29 is 0 Å². The van der Waals surface area contributed by atoms with Crippen molar-refractivity contribution in [1.29, 1.82) is 10.5 Å². The Balaban J connectivity index is 1.79. The predicted molar refractivity (Wildman–Crippen MR) is 169 cm³/mol. The molecule has 0 amide bonds. The van der Waals surface area contributed by atoms with E-state index in [9.17, 15) is 0 Å². The summed E-state index contributed by atoms with van der Waals surface area (Å²) in [5.41, 5.74) is 14.1. The van der Waals surface area contributed by atoms with E-state index in [2.05, 4.69) is 134 Å². The van der Waals surface area contributed by atoms with E-state index in [1.54, 1.807) is 0 Å². The first kappa shape index (κ1) is 27.7. The highest BCUT2D eigenvalue weighted by Gasteiger charge is 2.58. The summed E-state index contributed by atoms with van der Waals surface area (Å²) in [4.78, 5) is 0. The van der Waals surface area contributed by atoms with Crippen LogP contribution in [0.1, 0.15) is 59.1 Å². The maximum Gasteiger partial charge on any atom is 0.132 e. The number of unbranched alkanes of at least 4 members (excludes halogenated alkanes) is 2. The predicted octanol–water partition coefficient (Wildman–Crippen LogP) is 8.09. The molecule has 0 saturated carbocycles. The molecule has 3 aromatic rings. The first-order chi connectivity index (χ1) is 19.2. The number of hydrogen-bond acceptors (Lipinski definition) is 2. The monoisotopic (exact) mass is 552 g/mol. The van der Waals surface area contributed by atoms with Crippen molar-refractivity contribution in [1.82, 2.24) is 0 Å². The van der Waals surface area contributed by atoms with E-state index in [1.807, 2.05) is 0 Å². The zero-order valence-corrected chi connectivity index (χ0v) is 26.1. The highest BCUT2D eigenvalue weighted by Crippen LogP contribution is 2.61. The second-order valence-electron chi connectivity index (χ2n) is 12.4. The standard InChI is InChI=1S/C36H36N2Si2/c1-39(2,25-13-11-23-37)27-21-35-29-15-5-8-18-32(29)36(33-19-9-6-16-30(33)35,34-20-10-7-17-31(34)35)22-28-40(3,4)26-14-12-24-38/h5-10,15-20H,11-14,25-26H2,1-4H3. The summed E-state index contributed by atoms with van der Waals surface area (Å²) < 4.78 is 0. The zero-order valence-electron chi connectivity index (χ0n) is 24.1. The van der Waals surface area contributed by atoms with Gasteiger partial charge in [0.25, 0.3) is 0 Å². The Morgan fingerprint density at radius 2 is 0.800 bits per heavy atom. The molecule has 0 fully saturated rings. The van der Waals surface area contributed by atoms with Crippen molar-refractivity contribution in [3.63, 3.8) is 0 Å². The number of nitrogens with zero attached hydrogens (tertiary/aromatic N) is 2. The van der Waals surface area contributed by atoms with Gasteiger partial charge in [0.1, 0.15) is 27.0 Å². The smallest absolute Gasteiger partial charge is 0.132 e. The van der Waals surface area contributed by atoms with Crippen LogP contribution in [0.5, 0.6) is 0 Å². The van der Waals surface area contributed by atoms with Crippen LogP contribution < -0.4 is 0 Å². The minimum atomic E-state index is -1.87. The summed E-state index contributed by atoms with van der Waals surface area (Å²) in [6.07, 6.45) is 3.01. The Hall–Kier alpha value is -3.81. The maximum absolute atomic E-state index is 9.09. The van der Waals surface area contributed by atoms with E-state index < -0.39 is 27.0 Å². The van der Waals surface area contributed by atoms with Gasteiger partial charge < -0.3 is 0 Å². The fourth-order valence-corrected chi connectivity index (χ4v) is 9.98. The summed E-state index contributed by atoms with van der Waals surface area (Å²) >= 11 is 0. The van der Waals surface area contributed by atoms with Gasteiger partial charge in [-0.15, -0.1) is 11.1 Å². The SMILES string of the molecule is C[Si](C)(C#CC12c3ccccc3C(C#C[Si](C)(C)CCCC#N)(c3ccccc31)c1ccccc12)CCCC#N. The quantitative estimate of drug-likeness (QED) is 0.176. The van der Waals surface area contributed by atoms with Crippen LogP contribution in [0.15, 0.2) is 72.8 Å². The molecule has 3 aliphatic carbocycles. The molecule has 0 N–H and O–H groups in total. The first-order valence-corrected chi connectivity index (χ1v) is 20.8. The van der Waals surface area contributed by atoms with Crippen molar-refractivity contribution in [2.75, 3.05) is 0 Å². The van der Waals surface area contributed by atoms with Crippen LogP contribution in [0.4, 0.5) is 0 Å². The Labute approximate surface area is 242 Å². The number of nitriles is 2. The molecule has 198 valence electrons. The summed E-state index contributed by atoms with van der Waals surface area (Å²) in [5, 5.41) is 18.2. The highest BCUT2D eigenvalue weighted by molar-refractivity contribution is 6.85. The van der Waals surface area contributed by atoms with Gasteiger partial charge >= 0.3 is 0 Å². The van der Waals surface area contributed by atoms with Crippen LogP contribution in [0.2, 0.25) is 38.3 Å².